The molecule has 0 aromatic carbocycles. The van der Waals surface area contributed by atoms with E-state index in [1.54, 1.807) is 4.90 Å². The van der Waals surface area contributed by atoms with Crippen molar-refractivity contribution in [3.8, 4) is 0 Å². The number of rotatable bonds is 2. The number of carbonyl (C=O) groups is 2. The van der Waals surface area contributed by atoms with Crippen LogP contribution < -0.4 is 5.56 Å². The van der Waals surface area contributed by atoms with Crippen LogP contribution in [0.1, 0.15) is 70.0 Å². The summed E-state index contributed by atoms with van der Waals surface area (Å²) < 4.78 is 0. The van der Waals surface area contributed by atoms with Crippen LogP contribution in [0.25, 0.3) is 0 Å². The number of aromatic amines is 1. The van der Waals surface area contributed by atoms with Crippen LogP contribution in [-0.4, -0.2) is 57.8 Å². The van der Waals surface area contributed by atoms with Gasteiger partial charge in [-0.1, -0.05) is 20.8 Å². The number of fused-ring (bicyclic) bond motifs is 2. The molecule has 7 nitrogen and oxygen atoms in total. The predicted octanol–water partition coefficient (Wildman–Crippen LogP) is 1.50. The van der Waals surface area contributed by atoms with Crippen molar-refractivity contribution in [1.29, 1.82) is 0 Å². The lowest BCUT2D eigenvalue weighted by Crippen LogP contribution is -2.51. The highest BCUT2D eigenvalue weighted by Gasteiger charge is 2.46. The number of H-pyrrole nitrogens is 1. The molecule has 2 amide bonds. The highest BCUT2D eigenvalue weighted by Crippen LogP contribution is 2.43. The maximum absolute atomic E-state index is 12.9. The van der Waals surface area contributed by atoms with Crippen LogP contribution in [-0.2, 0) is 26.8 Å². The quantitative estimate of drug-likeness (QED) is 0.834. The molecule has 1 aromatic rings. The number of carbonyl (C=O) groups excluding carboxylic acids is 2. The molecule has 1 spiro atoms. The molecule has 4 rings (SSSR count). The Balaban J connectivity index is 1.60. The molecule has 2 saturated heterocycles. The molecule has 3 aliphatic rings. The molecule has 3 heterocycles. The van der Waals surface area contributed by atoms with Gasteiger partial charge in [0.1, 0.15) is 5.82 Å². The lowest BCUT2D eigenvalue weighted by atomic mass is 9.77. The Morgan fingerprint density at radius 1 is 1.14 bits per heavy atom. The molecule has 7 heteroatoms. The molecule has 1 unspecified atom stereocenters. The third-order valence-electron chi connectivity index (χ3n) is 6.51. The molecule has 0 saturated carbocycles. The van der Waals surface area contributed by atoms with Gasteiger partial charge in [-0.3, -0.25) is 14.4 Å². The standard InChI is InChI=1S/C21H30N4O3/c1-20(2,3)19-22-17-14(18(28)23-19)7-9-21(17)8-5-11-25(13-21)16(27)12-24-10-4-6-15(24)26/h4-13H2,1-3H3,(H,22,23,28). The zero-order chi connectivity index (χ0) is 20.1. The molecule has 0 bridgehead atoms. The van der Waals surface area contributed by atoms with Gasteiger partial charge in [-0.2, -0.15) is 0 Å². The second kappa shape index (κ2) is 6.71. The summed E-state index contributed by atoms with van der Waals surface area (Å²) in [5.74, 6) is 0.807. The number of piperidine rings is 1. The summed E-state index contributed by atoms with van der Waals surface area (Å²) >= 11 is 0. The maximum atomic E-state index is 12.9. The first-order valence-electron chi connectivity index (χ1n) is 10.4. The Morgan fingerprint density at radius 3 is 2.61 bits per heavy atom. The van der Waals surface area contributed by atoms with Gasteiger partial charge in [0.05, 0.1) is 12.2 Å². The van der Waals surface area contributed by atoms with E-state index < -0.39 is 0 Å². The third kappa shape index (κ3) is 3.25. The van der Waals surface area contributed by atoms with Crippen molar-refractivity contribution in [2.75, 3.05) is 26.2 Å². The average Bonchev–Trinajstić information content (AvgIpc) is 3.19. The van der Waals surface area contributed by atoms with Gasteiger partial charge in [-0.25, -0.2) is 4.98 Å². The number of aromatic nitrogens is 2. The second-order valence-corrected chi connectivity index (χ2v) is 9.61. The zero-order valence-corrected chi connectivity index (χ0v) is 17.1. The van der Waals surface area contributed by atoms with Crippen molar-refractivity contribution in [2.24, 2.45) is 0 Å². The van der Waals surface area contributed by atoms with Crippen molar-refractivity contribution in [3.63, 3.8) is 0 Å². The minimum absolute atomic E-state index is 0.0173. The van der Waals surface area contributed by atoms with Gasteiger partial charge in [0, 0.05) is 42.4 Å². The van der Waals surface area contributed by atoms with Gasteiger partial charge < -0.3 is 14.8 Å². The van der Waals surface area contributed by atoms with Crippen LogP contribution in [0, 0.1) is 0 Å². The lowest BCUT2D eigenvalue weighted by molar-refractivity contribution is -0.139. The van der Waals surface area contributed by atoms with E-state index in [-0.39, 0.29) is 34.7 Å². The van der Waals surface area contributed by atoms with E-state index in [1.165, 1.54) is 0 Å². The van der Waals surface area contributed by atoms with Gasteiger partial charge >= 0.3 is 0 Å². The normalized spacial score (nSPS) is 24.9. The van der Waals surface area contributed by atoms with Crippen LogP contribution >= 0.6 is 0 Å². The summed E-state index contributed by atoms with van der Waals surface area (Å²) in [4.78, 5) is 48.9. The van der Waals surface area contributed by atoms with E-state index in [4.69, 9.17) is 4.98 Å². The SMILES string of the molecule is CC(C)(C)c1nc2c(c(=O)[nH]1)CCC21CCCN(C(=O)CN2CCCC2=O)C1. The summed E-state index contributed by atoms with van der Waals surface area (Å²) in [6.07, 6.45) is 4.82. The second-order valence-electron chi connectivity index (χ2n) is 9.61. The molecular weight excluding hydrogens is 356 g/mol. The Hall–Kier alpha value is -2.18. The first-order chi connectivity index (χ1) is 13.2. The average molecular weight is 386 g/mol. The van der Waals surface area contributed by atoms with Gasteiger partial charge in [-0.15, -0.1) is 0 Å². The Morgan fingerprint density at radius 2 is 1.93 bits per heavy atom. The number of likely N-dealkylation sites (tertiary alicyclic amines) is 2. The van der Waals surface area contributed by atoms with E-state index in [0.29, 0.717) is 38.3 Å². The molecule has 0 radical (unpaired) electrons. The minimum atomic E-state index is -0.238. The van der Waals surface area contributed by atoms with Gasteiger partial charge in [0.25, 0.3) is 5.56 Å². The highest BCUT2D eigenvalue weighted by atomic mass is 16.2. The molecule has 1 aliphatic carbocycles. The monoisotopic (exact) mass is 386 g/mol. The van der Waals surface area contributed by atoms with Crippen molar-refractivity contribution >= 4 is 11.8 Å². The van der Waals surface area contributed by atoms with Crippen LogP contribution in [0.2, 0.25) is 0 Å². The van der Waals surface area contributed by atoms with Gasteiger partial charge in [-0.05, 0) is 32.1 Å². The smallest absolute Gasteiger partial charge is 0.254 e. The Kier molecular flexibility index (Phi) is 4.59. The lowest BCUT2D eigenvalue weighted by Gasteiger charge is -2.41. The molecule has 1 N–H and O–H groups in total. The molecule has 2 aliphatic heterocycles. The molecule has 1 aromatic heterocycles. The van der Waals surface area contributed by atoms with Gasteiger partial charge in [0.2, 0.25) is 11.8 Å². The molecular formula is C21H30N4O3. The summed E-state index contributed by atoms with van der Waals surface area (Å²) in [6.45, 7) is 8.30. The van der Waals surface area contributed by atoms with E-state index in [0.717, 1.165) is 36.9 Å². The summed E-state index contributed by atoms with van der Waals surface area (Å²) in [7, 11) is 0. The first-order valence-corrected chi connectivity index (χ1v) is 10.4. The van der Waals surface area contributed by atoms with Crippen LogP contribution in [0.15, 0.2) is 4.79 Å². The topological polar surface area (TPSA) is 86.4 Å². The highest BCUT2D eigenvalue weighted by molar-refractivity contribution is 5.86. The van der Waals surface area contributed by atoms with Gasteiger partial charge in [0.15, 0.2) is 0 Å². The van der Waals surface area contributed by atoms with Crippen LogP contribution in [0.4, 0.5) is 0 Å². The van der Waals surface area contributed by atoms with Crippen LogP contribution in [0.5, 0.6) is 0 Å². The van der Waals surface area contributed by atoms with Crippen molar-refractivity contribution < 1.29 is 9.59 Å². The number of hydrogen-bond donors (Lipinski definition) is 1. The van der Waals surface area contributed by atoms with Crippen molar-refractivity contribution in [3.05, 3.63) is 27.4 Å². The fourth-order valence-corrected chi connectivity index (χ4v) is 4.88. The fourth-order valence-electron chi connectivity index (χ4n) is 4.88. The predicted molar refractivity (Wildman–Crippen MR) is 105 cm³/mol. The molecule has 2 fully saturated rings. The first kappa shape index (κ1) is 19.2. The number of nitrogens with one attached hydrogen (secondary N) is 1. The fraction of sp³-hybridized carbons (Fsp3) is 0.714. The number of hydrogen-bond acceptors (Lipinski definition) is 4. The Bertz CT molecular complexity index is 869. The van der Waals surface area contributed by atoms with Crippen LogP contribution in [0.3, 0.4) is 0 Å². The van der Waals surface area contributed by atoms with E-state index in [2.05, 4.69) is 4.98 Å². The molecule has 152 valence electrons. The van der Waals surface area contributed by atoms with Crippen molar-refractivity contribution in [2.45, 2.75) is 70.1 Å². The minimum Gasteiger partial charge on any atom is -0.340 e. The third-order valence-corrected chi connectivity index (χ3v) is 6.51. The van der Waals surface area contributed by atoms with E-state index >= 15 is 0 Å². The van der Waals surface area contributed by atoms with E-state index in [1.807, 2.05) is 25.7 Å². The zero-order valence-electron chi connectivity index (χ0n) is 17.1. The maximum Gasteiger partial charge on any atom is 0.254 e. The molecule has 28 heavy (non-hydrogen) atoms. The van der Waals surface area contributed by atoms with E-state index in [9.17, 15) is 14.4 Å². The largest absolute Gasteiger partial charge is 0.340 e. The summed E-state index contributed by atoms with van der Waals surface area (Å²) in [5, 5.41) is 0. The number of nitrogens with zero attached hydrogens (tertiary/aromatic N) is 3. The number of amides is 2. The summed E-state index contributed by atoms with van der Waals surface area (Å²) in [5.41, 5.74) is 1.19. The molecule has 1 atom stereocenters. The summed E-state index contributed by atoms with van der Waals surface area (Å²) in [6, 6.07) is 0. The van der Waals surface area contributed by atoms with Crippen molar-refractivity contribution in [1.82, 2.24) is 19.8 Å². The Labute approximate surface area is 165 Å².